The number of thiazole rings is 1. The standard InChI is InChI=1S/C15H18BrN3OS/c1-11(20)12-2-3-14(13(16)10-12)18-5-7-19(8-6-18)15-17-4-9-21-15/h2-4,9-11,20H,5-8H2,1H3/t11-/m0/s1. The number of rotatable bonds is 3. The summed E-state index contributed by atoms with van der Waals surface area (Å²) in [5.74, 6) is 0. The Morgan fingerprint density at radius 1 is 1.24 bits per heavy atom. The van der Waals surface area contributed by atoms with Crippen molar-refractivity contribution in [3.63, 3.8) is 0 Å². The highest BCUT2D eigenvalue weighted by atomic mass is 79.9. The van der Waals surface area contributed by atoms with E-state index in [1.165, 1.54) is 5.69 Å². The zero-order valence-electron chi connectivity index (χ0n) is 11.9. The Labute approximate surface area is 137 Å². The third kappa shape index (κ3) is 3.22. The van der Waals surface area contributed by atoms with Crippen LogP contribution in [0.15, 0.2) is 34.2 Å². The highest BCUT2D eigenvalue weighted by molar-refractivity contribution is 9.10. The van der Waals surface area contributed by atoms with E-state index in [4.69, 9.17) is 0 Å². The molecule has 1 aromatic heterocycles. The lowest BCUT2D eigenvalue weighted by atomic mass is 10.1. The number of hydrogen-bond donors (Lipinski definition) is 1. The molecule has 1 aliphatic rings. The number of benzene rings is 1. The molecule has 1 aromatic carbocycles. The van der Waals surface area contributed by atoms with E-state index in [9.17, 15) is 5.11 Å². The van der Waals surface area contributed by atoms with Crippen LogP contribution in [0.4, 0.5) is 10.8 Å². The van der Waals surface area contributed by atoms with Gasteiger partial charge in [0.25, 0.3) is 0 Å². The van der Waals surface area contributed by atoms with Gasteiger partial charge in [-0.2, -0.15) is 0 Å². The first kappa shape index (κ1) is 14.8. The number of nitrogens with zero attached hydrogens (tertiary/aromatic N) is 3. The van der Waals surface area contributed by atoms with Crippen LogP contribution in [0, 0.1) is 0 Å². The average Bonchev–Trinajstić information content (AvgIpc) is 3.01. The van der Waals surface area contributed by atoms with Crippen molar-refractivity contribution in [2.24, 2.45) is 0 Å². The summed E-state index contributed by atoms with van der Waals surface area (Å²) >= 11 is 5.32. The molecule has 6 heteroatoms. The fourth-order valence-electron chi connectivity index (χ4n) is 2.55. The maximum absolute atomic E-state index is 9.64. The minimum atomic E-state index is -0.433. The highest BCUT2D eigenvalue weighted by Gasteiger charge is 2.20. The summed E-state index contributed by atoms with van der Waals surface area (Å²) in [6.07, 6.45) is 1.43. The van der Waals surface area contributed by atoms with Crippen molar-refractivity contribution in [3.8, 4) is 0 Å². The van der Waals surface area contributed by atoms with E-state index in [1.807, 2.05) is 23.7 Å². The average molecular weight is 368 g/mol. The second-order valence-corrected chi connectivity index (χ2v) is 6.90. The summed E-state index contributed by atoms with van der Waals surface area (Å²) in [5, 5.41) is 12.8. The smallest absolute Gasteiger partial charge is 0.185 e. The Bertz CT molecular complexity index is 595. The Morgan fingerprint density at radius 2 is 1.95 bits per heavy atom. The van der Waals surface area contributed by atoms with E-state index in [2.05, 4.69) is 36.8 Å². The summed E-state index contributed by atoms with van der Waals surface area (Å²) in [7, 11) is 0. The number of halogens is 1. The zero-order valence-corrected chi connectivity index (χ0v) is 14.3. The summed E-state index contributed by atoms with van der Waals surface area (Å²) in [6.45, 7) is 5.71. The fourth-order valence-corrected chi connectivity index (χ4v) is 3.89. The summed E-state index contributed by atoms with van der Waals surface area (Å²) in [6, 6.07) is 6.09. The van der Waals surface area contributed by atoms with Gasteiger partial charge in [-0.1, -0.05) is 6.07 Å². The molecule has 2 aromatic rings. The van der Waals surface area contributed by atoms with E-state index in [0.717, 1.165) is 41.3 Å². The lowest BCUT2D eigenvalue weighted by Gasteiger charge is -2.36. The Morgan fingerprint density at radius 3 is 2.52 bits per heavy atom. The SMILES string of the molecule is C[C@H](O)c1ccc(N2CCN(c3nccs3)CC2)c(Br)c1. The first-order chi connectivity index (χ1) is 10.1. The van der Waals surface area contributed by atoms with Gasteiger partial charge in [-0.3, -0.25) is 0 Å². The van der Waals surface area contributed by atoms with Crippen molar-refractivity contribution in [1.29, 1.82) is 0 Å². The maximum Gasteiger partial charge on any atom is 0.185 e. The first-order valence-electron chi connectivity index (χ1n) is 7.02. The van der Waals surface area contributed by atoms with Gasteiger partial charge >= 0.3 is 0 Å². The van der Waals surface area contributed by atoms with Gasteiger partial charge in [0, 0.05) is 42.2 Å². The predicted octanol–water partition coefficient (Wildman–Crippen LogP) is 3.29. The molecule has 2 heterocycles. The van der Waals surface area contributed by atoms with Crippen molar-refractivity contribution in [2.75, 3.05) is 36.0 Å². The maximum atomic E-state index is 9.64. The normalized spacial score (nSPS) is 17.1. The summed E-state index contributed by atoms with van der Waals surface area (Å²) in [5.41, 5.74) is 2.13. The van der Waals surface area contributed by atoms with Crippen molar-refractivity contribution in [2.45, 2.75) is 13.0 Å². The molecular weight excluding hydrogens is 350 g/mol. The molecule has 3 rings (SSSR count). The number of aliphatic hydroxyl groups excluding tert-OH is 1. The van der Waals surface area contributed by atoms with Gasteiger partial charge in [0.05, 0.1) is 11.8 Å². The van der Waals surface area contributed by atoms with Crippen LogP contribution in [0.25, 0.3) is 0 Å². The molecule has 0 radical (unpaired) electrons. The molecule has 112 valence electrons. The van der Waals surface area contributed by atoms with Gasteiger partial charge in [0.2, 0.25) is 0 Å². The van der Waals surface area contributed by atoms with Gasteiger partial charge < -0.3 is 14.9 Å². The van der Waals surface area contributed by atoms with E-state index >= 15 is 0 Å². The quantitative estimate of drug-likeness (QED) is 0.903. The molecule has 0 saturated carbocycles. The van der Waals surface area contributed by atoms with Gasteiger partial charge in [-0.15, -0.1) is 11.3 Å². The number of hydrogen-bond acceptors (Lipinski definition) is 5. The van der Waals surface area contributed by atoms with Crippen LogP contribution in [0.5, 0.6) is 0 Å². The fraction of sp³-hybridized carbons (Fsp3) is 0.400. The second kappa shape index (κ2) is 6.34. The minimum Gasteiger partial charge on any atom is -0.389 e. The van der Waals surface area contributed by atoms with Gasteiger partial charge in [-0.05, 0) is 40.5 Å². The van der Waals surface area contributed by atoms with Crippen LogP contribution in [0.3, 0.4) is 0 Å². The van der Waals surface area contributed by atoms with Gasteiger partial charge in [0.1, 0.15) is 0 Å². The topological polar surface area (TPSA) is 39.6 Å². The monoisotopic (exact) mass is 367 g/mol. The van der Waals surface area contributed by atoms with Gasteiger partial charge in [-0.25, -0.2) is 4.98 Å². The van der Waals surface area contributed by atoms with Crippen LogP contribution in [0.1, 0.15) is 18.6 Å². The predicted molar refractivity (Wildman–Crippen MR) is 91.3 cm³/mol. The number of aliphatic hydroxyl groups is 1. The molecule has 1 atom stereocenters. The third-order valence-corrected chi connectivity index (χ3v) is 5.23. The van der Waals surface area contributed by atoms with Crippen LogP contribution in [0.2, 0.25) is 0 Å². The highest BCUT2D eigenvalue weighted by Crippen LogP contribution is 2.30. The van der Waals surface area contributed by atoms with Gasteiger partial charge in [0.15, 0.2) is 5.13 Å². The Kier molecular flexibility index (Phi) is 4.47. The van der Waals surface area contributed by atoms with Crippen molar-refractivity contribution in [3.05, 3.63) is 39.8 Å². The molecule has 1 N–H and O–H groups in total. The zero-order chi connectivity index (χ0) is 14.8. The summed E-state index contributed by atoms with van der Waals surface area (Å²) < 4.78 is 1.04. The Hall–Kier alpha value is -1.11. The van der Waals surface area contributed by atoms with Crippen LogP contribution >= 0.6 is 27.3 Å². The molecular formula is C15H18BrN3OS. The van der Waals surface area contributed by atoms with E-state index in [1.54, 1.807) is 18.3 Å². The third-order valence-electron chi connectivity index (χ3n) is 3.76. The second-order valence-electron chi connectivity index (χ2n) is 5.18. The van der Waals surface area contributed by atoms with Crippen LogP contribution < -0.4 is 9.80 Å². The lowest BCUT2D eigenvalue weighted by molar-refractivity contribution is 0.199. The molecule has 1 aliphatic heterocycles. The molecule has 0 aliphatic carbocycles. The number of anilines is 2. The van der Waals surface area contributed by atoms with E-state index in [-0.39, 0.29) is 0 Å². The number of aromatic nitrogens is 1. The Balaban J connectivity index is 1.69. The van der Waals surface area contributed by atoms with Crippen LogP contribution in [-0.2, 0) is 0 Å². The minimum absolute atomic E-state index is 0.433. The molecule has 1 saturated heterocycles. The molecule has 0 amide bonds. The van der Waals surface area contributed by atoms with Crippen molar-refractivity contribution in [1.82, 2.24) is 4.98 Å². The van der Waals surface area contributed by atoms with E-state index in [0.29, 0.717) is 0 Å². The van der Waals surface area contributed by atoms with Crippen LogP contribution in [-0.4, -0.2) is 36.3 Å². The van der Waals surface area contributed by atoms with Crippen molar-refractivity contribution < 1.29 is 5.11 Å². The molecule has 21 heavy (non-hydrogen) atoms. The van der Waals surface area contributed by atoms with E-state index < -0.39 is 6.10 Å². The molecule has 0 spiro atoms. The molecule has 0 bridgehead atoms. The largest absolute Gasteiger partial charge is 0.389 e. The number of piperazine rings is 1. The molecule has 4 nitrogen and oxygen atoms in total. The first-order valence-corrected chi connectivity index (χ1v) is 8.69. The molecule has 0 unspecified atom stereocenters. The molecule has 1 fully saturated rings. The lowest BCUT2D eigenvalue weighted by Crippen LogP contribution is -2.46. The van der Waals surface area contributed by atoms with Crippen molar-refractivity contribution >= 4 is 38.1 Å². The summed E-state index contributed by atoms with van der Waals surface area (Å²) in [4.78, 5) is 9.08.